The third-order valence-electron chi connectivity index (χ3n) is 5.16. The van der Waals surface area contributed by atoms with Crippen molar-refractivity contribution in [3.8, 4) is 0 Å². The highest BCUT2D eigenvalue weighted by Gasteiger charge is 2.27. The number of benzene rings is 1. The van der Waals surface area contributed by atoms with Gasteiger partial charge in [0.1, 0.15) is 0 Å². The van der Waals surface area contributed by atoms with Crippen LogP contribution < -0.4 is 11.1 Å². The van der Waals surface area contributed by atoms with E-state index in [9.17, 15) is 9.59 Å². The lowest BCUT2D eigenvalue weighted by Crippen LogP contribution is -2.41. The van der Waals surface area contributed by atoms with E-state index < -0.39 is 0 Å². The van der Waals surface area contributed by atoms with Crippen molar-refractivity contribution in [2.45, 2.75) is 56.9 Å². The first kappa shape index (κ1) is 15.1. The van der Waals surface area contributed by atoms with Crippen molar-refractivity contribution in [3.63, 3.8) is 0 Å². The Balaban J connectivity index is 1.58. The van der Waals surface area contributed by atoms with E-state index in [2.05, 4.69) is 17.4 Å². The van der Waals surface area contributed by atoms with Crippen LogP contribution in [0, 0.1) is 5.92 Å². The molecule has 2 atom stereocenters. The van der Waals surface area contributed by atoms with Gasteiger partial charge in [0.2, 0.25) is 5.91 Å². The lowest BCUT2D eigenvalue weighted by Gasteiger charge is -2.28. The fraction of sp³-hybridized carbons (Fsp3) is 0.556. The molecule has 0 aliphatic heterocycles. The number of hydrogen-bond donors (Lipinski definition) is 2. The van der Waals surface area contributed by atoms with Crippen LogP contribution >= 0.6 is 0 Å². The first-order valence-corrected chi connectivity index (χ1v) is 8.33. The SMILES string of the molecule is NC(=O)[C@@H]1CCC[C@@H](NC(=O)c2ccc(C3CCC3)cc2)C1. The maximum absolute atomic E-state index is 12.3. The second-order valence-electron chi connectivity index (χ2n) is 6.69. The summed E-state index contributed by atoms with van der Waals surface area (Å²) in [6.45, 7) is 0. The Labute approximate surface area is 131 Å². The molecule has 2 saturated carbocycles. The van der Waals surface area contributed by atoms with Crippen molar-refractivity contribution < 1.29 is 9.59 Å². The average molecular weight is 300 g/mol. The van der Waals surface area contributed by atoms with Crippen LogP contribution in [0.25, 0.3) is 0 Å². The van der Waals surface area contributed by atoms with Gasteiger partial charge in [-0.15, -0.1) is 0 Å². The highest BCUT2D eigenvalue weighted by molar-refractivity contribution is 5.94. The quantitative estimate of drug-likeness (QED) is 0.897. The molecule has 4 heteroatoms. The molecule has 0 bridgehead atoms. The third kappa shape index (κ3) is 3.32. The molecule has 2 aliphatic carbocycles. The number of amides is 2. The summed E-state index contributed by atoms with van der Waals surface area (Å²) in [4.78, 5) is 23.6. The molecule has 0 heterocycles. The smallest absolute Gasteiger partial charge is 0.251 e. The first-order chi connectivity index (χ1) is 10.6. The van der Waals surface area contributed by atoms with E-state index >= 15 is 0 Å². The topological polar surface area (TPSA) is 72.2 Å². The molecular weight excluding hydrogens is 276 g/mol. The molecule has 3 N–H and O–H groups in total. The highest BCUT2D eigenvalue weighted by Crippen LogP contribution is 2.36. The maximum Gasteiger partial charge on any atom is 0.251 e. The van der Waals surface area contributed by atoms with E-state index in [4.69, 9.17) is 5.73 Å². The number of nitrogens with two attached hydrogens (primary N) is 1. The van der Waals surface area contributed by atoms with Crippen molar-refractivity contribution in [1.29, 1.82) is 0 Å². The van der Waals surface area contributed by atoms with Crippen LogP contribution in [-0.2, 0) is 4.79 Å². The minimum Gasteiger partial charge on any atom is -0.369 e. The van der Waals surface area contributed by atoms with Gasteiger partial charge in [0, 0.05) is 17.5 Å². The molecule has 4 nitrogen and oxygen atoms in total. The van der Waals surface area contributed by atoms with Crippen LogP contribution in [0.15, 0.2) is 24.3 Å². The molecule has 0 spiro atoms. The van der Waals surface area contributed by atoms with Gasteiger partial charge in [0.15, 0.2) is 0 Å². The summed E-state index contributed by atoms with van der Waals surface area (Å²) in [5, 5.41) is 3.05. The fourth-order valence-electron chi connectivity index (χ4n) is 3.50. The summed E-state index contributed by atoms with van der Waals surface area (Å²) in [6.07, 6.45) is 7.23. The van der Waals surface area contributed by atoms with Crippen LogP contribution in [0.4, 0.5) is 0 Å². The summed E-state index contributed by atoms with van der Waals surface area (Å²) in [6, 6.07) is 8.04. The Morgan fingerprint density at radius 1 is 1.00 bits per heavy atom. The molecule has 118 valence electrons. The Kier molecular flexibility index (Phi) is 4.46. The lowest BCUT2D eigenvalue weighted by atomic mass is 9.80. The summed E-state index contributed by atoms with van der Waals surface area (Å²) in [7, 11) is 0. The van der Waals surface area contributed by atoms with Crippen molar-refractivity contribution in [3.05, 3.63) is 35.4 Å². The second-order valence-corrected chi connectivity index (χ2v) is 6.69. The zero-order valence-electron chi connectivity index (χ0n) is 12.9. The van der Waals surface area contributed by atoms with E-state index in [0.717, 1.165) is 19.3 Å². The molecule has 0 saturated heterocycles. The zero-order valence-corrected chi connectivity index (χ0v) is 12.9. The van der Waals surface area contributed by atoms with Gasteiger partial charge in [-0.25, -0.2) is 0 Å². The average Bonchev–Trinajstić information content (AvgIpc) is 2.46. The predicted molar refractivity (Wildman–Crippen MR) is 85.4 cm³/mol. The molecule has 0 radical (unpaired) electrons. The lowest BCUT2D eigenvalue weighted by molar-refractivity contribution is -0.122. The van der Waals surface area contributed by atoms with Gasteiger partial charge < -0.3 is 11.1 Å². The van der Waals surface area contributed by atoms with Gasteiger partial charge in [-0.3, -0.25) is 9.59 Å². The number of carbonyl (C=O) groups excluding carboxylic acids is 2. The monoisotopic (exact) mass is 300 g/mol. The van der Waals surface area contributed by atoms with Crippen LogP contribution in [0.1, 0.15) is 66.8 Å². The minimum atomic E-state index is -0.246. The van der Waals surface area contributed by atoms with Gasteiger partial charge in [-0.05, 0) is 55.7 Å². The molecule has 1 aromatic rings. The molecule has 1 aromatic carbocycles. The number of hydrogen-bond acceptors (Lipinski definition) is 2. The van der Waals surface area contributed by atoms with Crippen LogP contribution in [0.5, 0.6) is 0 Å². The van der Waals surface area contributed by atoms with Crippen LogP contribution in [-0.4, -0.2) is 17.9 Å². The number of rotatable bonds is 4. The second kappa shape index (κ2) is 6.51. The standard InChI is InChI=1S/C18H24N2O2/c19-17(21)15-5-2-6-16(11-15)20-18(22)14-9-7-13(8-10-14)12-3-1-4-12/h7-10,12,15-16H,1-6,11H2,(H2,19,21)(H,20,22)/t15-,16-/m1/s1. The van der Waals surface area contributed by atoms with Gasteiger partial charge in [-0.1, -0.05) is 25.0 Å². The summed E-state index contributed by atoms with van der Waals surface area (Å²) in [5.74, 6) is 0.297. The molecular formula is C18H24N2O2. The minimum absolute atomic E-state index is 0.0460. The summed E-state index contributed by atoms with van der Waals surface area (Å²) >= 11 is 0. The first-order valence-electron chi connectivity index (χ1n) is 8.33. The molecule has 0 aromatic heterocycles. The van der Waals surface area contributed by atoms with E-state index in [1.165, 1.54) is 24.8 Å². The van der Waals surface area contributed by atoms with Crippen LogP contribution in [0.2, 0.25) is 0 Å². The molecule has 2 amide bonds. The molecule has 2 fully saturated rings. The van der Waals surface area contributed by atoms with Gasteiger partial charge in [0.05, 0.1) is 0 Å². The van der Waals surface area contributed by atoms with Gasteiger partial charge >= 0.3 is 0 Å². The molecule has 22 heavy (non-hydrogen) atoms. The molecule has 0 unspecified atom stereocenters. The fourth-order valence-corrected chi connectivity index (χ4v) is 3.50. The Hall–Kier alpha value is -1.84. The normalized spacial score (nSPS) is 25.3. The van der Waals surface area contributed by atoms with Crippen molar-refractivity contribution in [2.75, 3.05) is 0 Å². The maximum atomic E-state index is 12.3. The van der Waals surface area contributed by atoms with Crippen molar-refractivity contribution in [2.24, 2.45) is 11.7 Å². The summed E-state index contributed by atoms with van der Waals surface area (Å²) in [5.41, 5.74) is 7.42. The Morgan fingerprint density at radius 3 is 2.27 bits per heavy atom. The van der Waals surface area contributed by atoms with E-state index in [-0.39, 0.29) is 23.8 Å². The number of nitrogens with one attached hydrogen (secondary N) is 1. The molecule has 3 rings (SSSR count). The Bertz CT molecular complexity index is 549. The van der Waals surface area contributed by atoms with Crippen molar-refractivity contribution in [1.82, 2.24) is 5.32 Å². The zero-order chi connectivity index (χ0) is 15.5. The van der Waals surface area contributed by atoms with Crippen LogP contribution in [0.3, 0.4) is 0 Å². The number of primary amides is 1. The molecule has 2 aliphatic rings. The Morgan fingerprint density at radius 2 is 1.68 bits per heavy atom. The predicted octanol–water partition coefficient (Wildman–Crippen LogP) is 2.73. The van der Waals surface area contributed by atoms with Crippen molar-refractivity contribution >= 4 is 11.8 Å². The van der Waals surface area contributed by atoms with E-state index in [1.54, 1.807) is 0 Å². The van der Waals surface area contributed by atoms with Gasteiger partial charge in [-0.2, -0.15) is 0 Å². The van der Waals surface area contributed by atoms with Gasteiger partial charge in [0.25, 0.3) is 5.91 Å². The number of carbonyl (C=O) groups is 2. The van der Waals surface area contributed by atoms with E-state index in [1.807, 2.05) is 12.1 Å². The van der Waals surface area contributed by atoms with E-state index in [0.29, 0.717) is 17.9 Å². The third-order valence-corrected chi connectivity index (χ3v) is 5.16. The highest BCUT2D eigenvalue weighted by atomic mass is 16.2. The largest absolute Gasteiger partial charge is 0.369 e. The summed E-state index contributed by atoms with van der Waals surface area (Å²) < 4.78 is 0.